The molecule has 0 saturated carbocycles. The quantitative estimate of drug-likeness (QED) is 0.534. The summed E-state index contributed by atoms with van der Waals surface area (Å²) in [5.74, 6) is -1.48. The molecule has 12 heteroatoms. The van der Waals surface area contributed by atoms with E-state index in [-0.39, 0.29) is 37.0 Å². The van der Waals surface area contributed by atoms with Crippen molar-refractivity contribution >= 4 is 23.7 Å². The van der Waals surface area contributed by atoms with Crippen LogP contribution < -0.4 is 10.2 Å². The van der Waals surface area contributed by atoms with Crippen molar-refractivity contribution in [3.05, 3.63) is 66.5 Å². The third-order valence-electron chi connectivity index (χ3n) is 4.73. The maximum Gasteiger partial charge on any atom is 0.414 e. The van der Waals surface area contributed by atoms with Crippen molar-refractivity contribution in [2.24, 2.45) is 0 Å². The molecule has 1 saturated heterocycles. The highest BCUT2D eigenvalue weighted by Gasteiger charge is 2.32. The molecule has 1 fully saturated rings. The molecule has 1 aliphatic heterocycles. The first-order chi connectivity index (χ1) is 15.9. The molecule has 2 amide bonds. The summed E-state index contributed by atoms with van der Waals surface area (Å²) in [4.78, 5) is 48.2. The van der Waals surface area contributed by atoms with Gasteiger partial charge >= 0.3 is 12.1 Å². The highest BCUT2D eigenvalue weighted by Crippen LogP contribution is 2.25. The average Bonchev–Trinajstić information content (AvgIpc) is 3.43. The van der Waals surface area contributed by atoms with E-state index in [2.05, 4.69) is 20.3 Å². The average molecular weight is 454 g/mol. The van der Waals surface area contributed by atoms with Crippen molar-refractivity contribution in [3.63, 3.8) is 0 Å². The molecule has 4 rings (SSSR count). The van der Waals surface area contributed by atoms with Gasteiger partial charge in [0.1, 0.15) is 18.5 Å². The number of hydrogen-bond donors (Lipinski definition) is 1. The van der Waals surface area contributed by atoms with E-state index in [1.54, 1.807) is 6.07 Å². The van der Waals surface area contributed by atoms with Crippen molar-refractivity contribution in [2.45, 2.75) is 19.6 Å². The first kappa shape index (κ1) is 21.9. The lowest BCUT2D eigenvalue weighted by Crippen LogP contribution is -2.33. The fourth-order valence-corrected chi connectivity index (χ4v) is 3.16. The molecule has 0 radical (unpaired) electrons. The molecule has 1 N–H and O–H groups in total. The van der Waals surface area contributed by atoms with Crippen LogP contribution in [0.25, 0.3) is 5.69 Å². The molecule has 1 aromatic carbocycles. The van der Waals surface area contributed by atoms with Gasteiger partial charge in [-0.05, 0) is 18.2 Å². The third kappa shape index (κ3) is 5.11. The zero-order chi connectivity index (χ0) is 23.4. The molecule has 0 aliphatic carbocycles. The van der Waals surface area contributed by atoms with Gasteiger partial charge in [0.2, 0.25) is 5.91 Å². The Bertz CT molecular complexity index is 1180. The van der Waals surface area contributed by atoms with E-state index < -0.39 is 24.0 Å². The van der Waals surface area contributed by atoms with E-state index in [0.717, 1.165) is 0 Å². The normalized spacial score (nSPS) is 15.3. The molecule has 0 spiro atoms. The SMILES string of the molecule is CC(=O)NCC1CN(c2ccc(-n3cnc(COC(=O)c4cnccn4)c3)c(F)c2)C(=O)O1. The second-order valence-corrected chi connectivity index (χ2v) is 7.13. The number of esters is 1. The van der Waals surface area contributed by atoms with Crippen molar-refractivity contribution in [3.8, 4) is 5.69 Å². The largest absolute Gasteiger partial charge is 0.454 e. The van der Waals surface area contributed by atoms with Crippen LogP contribution in [0, 0.1) is 5.82 Å². The number of aromatic nitrogens is 4. The van der Waals surface area contributed by atoms with Crippen LogP contribution in [-0.4, -0.2) is 56.7 Å². The number of carbonyl (C=O) groups excluding carboxylic acids is 3. The van der Waals surface area contributed by atoms with Crippen molar-refractivity contribution in [1.82, 2.24) is 24.8 Å². The molecule has 3 aromatic rings. The van der Waals surface area contributed by atoms with Gasteiger partial charge in [-0.15, -0.1) is 0 Å². The monoisotopic (exact) mass is 454 g/mol. The number of imidazole rings is 1. The molecule has 11 nitrogen and oxygen atoms in total. The number of carbonyl (C=O) groups is 3. The number of ether oxygens (including phenoxy) is 2. The molecular formula is C21H19FN6O5. The molecule has 1 unspecified atom stereocenters. The Kier molecular flexibility index (Phi) is 6.24. The van der Waals surface area contributed by atoms with Crippen LogP contribution in [0.3, 0.4) is 0 Å². The number of cyclic esters (lactones) is 1. The summed E-state index contributed by atoms with van der Waals surface area (Å²) in [7, 11) is 0. The molecule has 170 valence electrons. The lowest BCUT2D eigenvalue weighted by molar-refractivity contribution is -0.119. The van der Waals surface area contributed by atoms with Gasteiger partial charge in [-0.3, -0.25) is 14.7 Å². The van der Waals surface area contributed by atoms with E-state index in [1.807, 2.05) is 0 Å². The molecule has 33 heavy (non-hydrogen) atoms. The van der Waals surface area contributed by atoms with Crippen LogP contribution in [0.2, 0.25) is 0 Å². The number of amides is 2. The third-order valence-corrected chi connectivity index (χ3v) is 4.73. The van der Waals surface area contributed by atoms with Crippen LogP contribution in [-0.2, 0) is 20.9 Å². The number of halogens is 1. The Balaban J connectivity index is 1.40. The van der Waals surface area contributed by atoms with Gasteiger partial charge in [0, 0.05) is 25.5 Å². The summed E-state index contributed by atoms with van der Waals surface area (Å²) >= 11 is 0. The molecule has 1 aliphatic rings. The summed E-state index contributed by atoms with van der Waals surface area (Å²) in [6, 6.07) is 4.29. The van der Waals surface area contributed by atoms with E-state index in [9.17, 15) is 18.8 Å². The summed E-state index contributed by atoms with van der Waals surface area (Å²) in [6.07, 6.45) is 5.87. The number of rotatable bonds is 7. The number of hydrogen-bond acceptors (Lipinski definition) is 8. The second kappa shape index (κ2) is 9.42. The Morgan fingerprint density at radius 2 is 2.15 bits per heavy atom. The van der Waals surface area contributed by atoms with Crippen LogP contribution in [0.4, 0.5) is 14.9 Å². The fourth-order valence-electron chi connectivity index (χ4n) is 3.16. The minimum atomic E-state index is -0.650. The van der Waals surface area contributed by atoms with Gasteiger partial charge in [-0.1, -0.05) is 0 Å². The highest BCUT2D eigenvalue weighted by atomic mass is 19.1. The highest BCUT2D eigenvalue weighted by molar-refractivity contribution is 5.90. The van der Waals surface area contributed by atoms with E-state index in [0.29, 0.717) is 11.4 Å². The molecule has 0 bridgehead atoms. The maximum absolute atomic E-state index is 14.8. The summed E-state index contributed by atoms with van der Waals surface area (Å²) in [6.45, 7) is 1.60. The Labute approximate surface area is 187 Å². The summed E-state index contributed by atoms with van der Waals surface area (Å²) in [5, 5.41) is 2.59. The van der Waals surface area contributed by atoms with Gasteiger partial charge in [0.25, 0.3) is 0 Å². The molecule has 3 heterocycles. The maximum atomic E-state index is 14.8. The van der Waals surface area contributed by atoms with Gasteiger partial charge in [0.05, 0.1) is 42.7 Å². The first-order valence-corrected chi connectivity index (χ1v) is 9.89. The Morgan fingerprint density at radius 3 is 2.88 bits per heavy atom. The fraction of sp³-hybridized carbons (Fsp3) is 0.238. The minimum absolute atomic E-state index is 0.0679. The van der Waals surface area contributed by atoms with Crippen molar-refractivity contribution in [1.29, 1.82) is 0 Å². The lowest BCUT2D eigenvalue weighted by Gasteiger charge is -2.14. The van der Waals surface area contributed by atoms with Gasteiger partial charge in [-0.25, -0.2) is 23.9 Å². The second-order valence-electron chi connectivity index (χ2n) is 7.13. The van der Waals surface area contributed by atoms with Gasteiger partial charge < -0.3 is 19.4 Å². The first-order valence-electron chi connectivity index (χ1n) is 9.89. The van der Waals surface area contributed by atoms with E-state index in [4.69, 9.17) is 9.47 Å². The smallest absolute Gasteiger partial charge is 0.414 e. The number of benzene rings is 1. The minimum Gasteiger partial charge on any atom is -0.454 e. The van der Waals surface area contributed by atoms with Crippen LogP contribution in [0.5, 0.6) is 0 Å². The van der Waals surface area contributed by atoms with E-state index >= 15 is 0 Å². The molecule has 2 aromatic heterocycles. The van der Waals surface area contributed by atoms with Crippen LogP contribution >= 0.6 is 0 Å². The van der Waals surface area contributed by atoms with Crippen molar-refractivity contribution in [2.75, 3.05) is 18.0 Å². The number of nitrogens with zero attached hydrogens (tertiary/aromatic N) is 5. The Morgan fingerprint density at radius 1 is 1.30 bits per heavy atom. The van der Waals surface area contributed by atoms with E-state index in [1.165, 1.54) is 59.6 Å². The zero-order valence-electron chi connectivity index (χ0n) is 17.5. The number of anilines is 1. The predicted octanol–water partition coefficient (Wildman–Crippen LogP) is 1.62. The predicted molar refractivity (Wildman–Crippen MR) is 111 cm³/mol. The molecular weight excluding hydrogens is 435 g/mol. The van der Waals surface area contributed by atoms with Gasteiger partial charge in [-0.2, -0.15) is 0 Å². The summed E-state index contributed by atoms with van der Waals surface area (Å²) < 4.78 is 26.6. The number of nitrogens with one attached hydrogen (secondary N) is 1. The topological polar surface area (TPSA) is 129 Å². The van der Waals surface area contributed by atoms with Crippen LogP contribution in [0.15, 0.2) is 49.3 Å². The van der Waals surface area contributed by atoms with Crippen LogP contribution in [0.1, 0.15) is 23.1 Å². The lowest BCUT2D eigenvalue weighted by atomic mass is 10.2. The van der Waals surface area contributed by atoms with Crippen molar-refractivity contribution < 1.29 is 28.2 Å². The summed E-state index contributed by atoms with van der Waals surface area (Å²) in [5.41, 5.74) is 0.989. The zero-order valence-corrected chi connectivity index (χ0v) is 17.5. The molecule has 1 atom stereocenters. The Hall–Kier alpha value is -4.35. The van der Waals surface area contributed by atoms with Gasteiger partial charge in [0.15, 0.2) is 5.69 Å². The standard InChI is InChI=1S/C21H19FN6O5/c1-13(29)25-7-16-10-28(21(31)33-16)15-2-3-19(17(22)6-15)27-9-14(26-12-27)11-32-20(30)18-8-23-4-5-24-18/h2-6,8-9,12,16H,7,10-11H2,1H3,(H,25,29).